The summed E-state index contributed by atoms with van der Waals surface area (Å²) in [7, 11) is -2.25. The number of aliphatic imine (C=N–C) groups is 1. The fourth-order valence-corrected chi connectivity index (χ4v) is 5.67. The number of fused-ring (bicyclic) bond motifs is 1. The predicted molar refractivity (Wildman–Crippen MR) is 117 cm³/mol. The Kier molecular flexibility index (Phi) is 5.62. The Morgan fingerprint density at radius 1 is 1.31 bits per heavy atom. The normalized spacial score (nSPS) is 21.8. The van der Waals surface area contributed by atoms with E-state index in [9.17, 15) is 17.6 Å². The molecule has 0 spiro atoms. The molecular weight excluding hydrogens is 461 g/mol. The highest BCUT2D eigenvalue weighted by atomic mass is 35.5. The first-order valence-corrected chi connectivity index (χ1v) is 11.8. The highest BCUT2D eigenvalue weighted by Gasteiger charge is 2.41. The molecule has 11 heteroatoms. The summed E-state index contributed by atoms with van der Waals surface area (Å²) in [5.74, 6) is -0.498. The van der Waals surface area contributed by atoms with Crippen molar-refractivity contribution in [3.05, 3.63) is 52.1 Å². The molecule has 0 N–H and O–H groups in total. The molecule has 0 saturated carbocycles. The number of sulfonamides is 1. The van der Waals surface area contributed by atoms with Crippen LogP contribution in [0.4, 0.5) is 4.39 Å². The quantitative estimate of drug-likeness (QED) is 0.623. The van der Waals surface area contributed by atoms with Crippen molar-refractivity contribution in [1.82, 2.24) is 9.29 Å². The van der Waals surface area contributed by atoms with E-state index < -0.39 is 32.9 Å². The van der Waals surface area contributed by atoms with E-state index in [0.717, 1.165) is 4.31 Å². The third kappa shape index (κ3) is 3.93. The van der Waals surface area contributed by atoms with Crippen LogP contribution in [0.2, 0.25) is 5.02 Å². The molecule has 0 fully saturated rings. The van der Waals surface area contributed by atoms with Gasteiger partial charge in [-0.15, -0.1) is 0 Å². The van der Waals surface area contributed by atoms with E-state index in [4.69, 9.17) is 21.1 Å². The van der Waals surface area contributed by atoms with Gasteiger partial charge in [-0.1, -0.05) is 17.7 Å². The van der Waals surface area contributed by atoms with E-state index in [-0.39, 0.29) is 34.3 Å². The van der Waals surface area contributed by atoms with Crippen LogP contribution in [0.15, 0.2) is 29.4 Å². The molecule has 2 aliphatic heterocycles. The summed E-state index contributed by atoms with van der Waals surface area (Å²) in [6.07, 6.45) is 1.26. The molecule has 1 aromatic carbocycles. The highest BCUT2D eigenvalue weighted by Crippen LogP contribution is 2.39. The number of ether oxygens (including phenoxy) is 2. The third-order valence-corrected chi connectivity index (χ3v) is 7.89. The van der Waals surface area contributed by atoms with Crippen molar-refractivity contribution < 1.29 is 27.1 Å². The molecule has 0 aliphatic carbocycles. The second-order valence-electron chi connectivity index (χ2n) is 7.88. The van der Waals surface area contributed by atoms with Crippen LogP contribution in [0.5, 0.6) is 11.5 Å². The van der Waals surface area contributed by atoms with Gasteiger partial charge in [0, 0.05) is 19.0 Å². The van der Waals surface area contributed by atoms with Gasteiger partial charge in [0.15, 0.2) is 17.3 Å². The Labute approximate surface area is 190 Å². The number of aromatic nitrogens is 1. The van der Waals surface area contributed by atoms with Gasteiger partial charge in [0.05, 0.1) is 11.9 Å². The number of Topliss-reactive ketones (excluding diaryl/α,β-unsaturated/α-hetero) is 1. The van der Waals surface area contributed by atoms with Crippen molar-refractivity contribution in [2.24, 2.45) is 4.99 Å². The van der Waals surface area contributed by atoms with Crippen LogP contribution in [-0.4, -0.2) is 55.3 Å². The van der Waals surface area contributed by atoms with Crippen molar-refractivity contribution in [3.63, 3.8) is 0 Å². The maximum atomic E-state index is 14.8. The Morgan fingerprint density at radius 2 is 2.03 bits per heavy atom. The summed E-state index contributed by atoms with van der Waals surface area (Å²) in [5.41, 5.74) is -0.737. The number of nitrogens with zero attached hydrogens (tertiary/aromatic N) is 3. The van der Waals surface area contributed by atoms with Gasteiger partial charge in [-0.3, -0.25) is 14.1 Å². The molecule has 8 nitrogen and oxygen atoms in total. The van der Waals surface area contributed by atoms with Crippen LogP contribution < -0.4 is 9.47 Å². The second-order valence-corrected chi connectivity index (χ2v) is 10.3. The molecular formula is C21H21ClFN3O5S. The monoisotopic (exact) mass is 481 g/mol. The van der Waals surface area contributed by atoms with E-state index in [1.807, 2.05) is 0 Å². The van der Waals surface area contributed by atoms with Gasteiger partial charge < -0.3 is 9.47 Å². The zero-order valence-electron chi connectivity index (χ0n) is 17.7. The van der Waals surface area contributed by atoms with Gasteiger partial charge in [0.2, 0.25) is 10.0 Å². The fraction of sp³-hybridized carbons (Fsp3) is 0.381. The predicted octanol–water partition coefficient (Wildman–Crippen LogP) is 2.98. The average Bonchev–Trinajstić information content (AvgIpc) is 2.73. The molecule has 4 rings (SSSR count). The van der Waals surface area contributed by atoms with Crippen molar-refractivity contribution in [1.29, 1.82) is 0 Å². The van der Waals surface area contributed by atoms with Crippen molar-refractivity contribution in [3.8, 4) is 11.5 Å². The highest BCUT2D eigenvalue weighted by molar-refractivity contribution is 7.89. The molecule has 3 heterocycles. The van der Waals surface area contributed by atoms with Crippen LogP contribution in [0, 0.1) is 5.82 Å². The van der Waals surface area contributed by atoms with Crippen molar-refractivity contribution in [2.45, 2.75) is 25.8 Å². The van der Waals surface area contributed by atoms with Crippen LogP contribution in [0.3, 0.4) is 0 Å². The third-order valence-electron chi connectivity index (χ3n) is 5.51. The molecule has 0 radical (unpaired) electrons. The zero-order valence-corrected chi connectivity index (χ0v) is 19.3. The molecule has 170 valence electrons. The summed E-state index contributed by atoms with van der Waals surface area (Å²) < 4.78 is 51.8. The lowest BCUT2D eigenvalue weighted by atomic mass is 9.91. The molecule has 0 unspecified atom stereocenters. The second kappa shape index (κ2) is 8.00. The molecule has 2 aliphatic rings. The molecule has 1 atom stereocenters. The standard InChI is InChI=1S/C21H21ClFN3O5S/c1-12-25-21(2,11-32(28,29)26(12)3)14-8-13(4-5-15(14)23)9-16(27)19-18(22)20-17(10-24-19)30-6-7-31-20/h4-5,8,10H,6-7,9,11H2,1-3H3/t21-/m0/s1. The molecule has 0 amide bonds. The maximum absolute atomic E-state index is 14.8. The number of halogens is 2. The minimum Gasteiger partial charge on any atom is -0.484 e. The summed E-state index contributed by atoms with van der Waals surface area (Å²) in [4.78, 5) is 21.4. The number of rotatable bonds is 4. The van der Waals surface area contributed by atoms with Gasteiger partial charge in [-0.25, -0.2) is 17.8 Å². The van der Waals surface area contributed by atoms with Gasteiger partial charge >= 0.3 is 0 Å². The van der Waals surface area contributed by atoms with Crippen LogP contribution in [0.25, 0.3) is 0 Å². The van der Waals surface area contributed by atoms with Gasteiger partial charge in [-0.2, -0.15) is 0 Å². The summed E-state index contributed by atoms with van der Waals surface area (Å²) in [6.45, 7) is 3.78. The lowest BCUT2D eigenvalue weighted by Gasteiger charge is -2.35. The molecule has 2 aromatic rings. The minimum atomic E-state index is -3.66. The van der Waals surface area contributed by atoms with Gasteiger partial charge in [0.25, 0.3) is 0 Å². The van der Waals surface area contributed by atoms with E-state index in [1.54, 1.807) is 13.8 Å². The first-order chi connectivity index (χ1) is 15.0. The molecule has 32 heavy (non-hydrogen) atoms. The first kappa shape index (κ1) is 22.5. The number of pyridine rings is 1. The summed E-state index contributed by atoms with van der Waals surface area (Å²) in [6, 6.07) is 4.14. The van der Waals surface area contributed by atoms with E-state index in [2.05, 4.69) is 9.98 Å². The number of carbonyl (C=O) groups is 1. The zero-order chi connectivity index (χ0) is 23.3. The van der Waals surface area contributed by atoms with E-state index in [0.29, 0.717) is 24.5 Å². The number of benzene rings is 1. The van der Waals surface area contributed by atoms with Gasteiger partial charge in [-0.05, 0) is 31.5 Å². The Balaban J connectivity index is 1.66. The number of hydrogen-bond acceptors (Lipinski definition) is 7. The number of hydrogen-bond donors (Lipinski definition) is 0. The molecule has 0 bridgehead atoms. The smallest absolute Gasteiger partial charge is 0.238 e. The van der Waals surface area contributed by atoms with Crippen LogP contribution in [-0.2, 0) is 22.0 Å². The lowest BCUT2D eigenvalue weighted by molar-refractivity contribution is 0.0986. The van der Waals surface area contributed by atoms with Crippen molar-refractivity contribution >= 4 is 33.2 Å². The summed E-state index contributed by atoms with van der Waals surface area (Å²) in [5, 5.41) is 0.0585. The summed E-state index contributed by atoms with van der Waals surface area (Å²) >= 11 is 6.31. The average molecular weight is 482 g/mol. The minimum absolute atomic E-state index is 0.0173. The Hall–Kier alpha value is -2.72. The van der Waals surface area contributed by atoms with Crippen LogP contribution >= 0.6 is 11.6 Å². The van der Waals surface area contributed by atoms with Gasteiger partial charge in [0.1, 0.15) is 41.1 Å². The van der Waals surface area contributed by atoms with E-state index in [1.165, 1.54) is 31.4 Å². The lowest BCUT2D eigenvalue weighted by Crippen LogP contribution is -2.46. The number of carbonyl (C=O) groups excluding carboxylic acids is 1. The SMILES string of the molecule is CC1=N[C@](C)(c2cc(CC(=O)c3ncc4c(c3Cl)OCCO4)ccc2F)CS(=O)(=O)N1C. The van der Waals surface area contributed by atoms with E-state index >= 15 is 0 Å². The molecule has 1 aromatic heterocycles. The first-order valence-electron chi connectivity index (χ1n) is 9.81. The Morgan fingerprint density at radius 3 is 2.75 bits per heavy atom. The van der Waals surface area contributed by atoms with Crippen LogP contribution in [0.1, 0.15) is 35.5 Å². The Bertz CT molecular complexity index is 1250. The molecule has 0 saturated heterocycles. The number of ketones is 1. The van der Waals surface area contributed by atoms with Crippen molar-refractivity contribution in [2.75, 3.05) is 26.0 Å². The largest absolute Gasteiger partial charge is 0.484 e. The topological polar surface area (TPSA) is 98.2 Å². The fourth-order valence-electron chi connectivity index (χ4n) is 3.80. The maximum Gasteiger partial charge on any atom is 0.238 e. The number of amidine groups is 1.